The number of hydrogen-bond acceptors (Lipinski definition) is 2. The van der Waals surface area contributed by atoms with E-state index in [-0.39, 0.29) is 17.7 Å². The summed E-state index contributed by atoms with van der Waals surface area (Å²) < 4.78 is 7.19. The summed E-state index contributed by atoms with van der Waals surface area (Å²) in [5.41, 5.74) is 0. The van der Waals surface area contributed by atoms with Crippen molar-refractivity contribution in [3.05, 3.63) is 97.1 Å². The Hall–Kier alpha value is -2.20. The van der Waals surface area contributed by atoms with Gasteiger partial charge in [0.25, 0.3) is 8.32 Å². The molecule has 178 valence electrons. The SMILES string of the molecule is CCC=CCC=CC/C=C\CC(CCO)O[Si](c1ccccc1)(c1ccccc1)C(C)(C)C. The van der Waals surface area contributed by atoms with Gasteiger partial charge in [0, 0.05) is 6.61 Å². The molecule has 3 heteroatoms. The molecule has 0 bridgehead atoms. The Labute approximate surface area is 202 Å². The highest BCUT2D eigenvalue weighted by molar-refractivity contribution is 6.99. The molecule has 0 aliphatic rings. The Bertz CT molecular complexity index is 824. The first-order valence-corrected chi connectivity index (χ1v) is 14.2. The van der Waals surface area contributed by atoms with Crippen molar-refractivity contribution in [2.45, 2.75) is 70.9 Å². The third kappa shape index (κ3) is 7.96. The molecular formula is C30H42O2Si. The minimum atomic E-state index is -2.61. The van der Waals surface area contributed by atoms with E-state index in [2.05, 4.69) is 125 Å². The van der Waals surface area contributed by atoms with Crippen LogP contribution >= 0.6 is 0 Å². The van der Waals surface area contributed by atoms with Gasteiger partial charge in [0.1, 0.15) is 0 Å². The van der Waals surface area contributed by atoms with Crippen molar-refractivity contribution in [1.29, 1.82) is 0 Å². The van der Waals surface area contributed by atoms with Crippen LogP contribution in [0.25, 0.3) is 0 Å². The highest BCUT2D eigenvalue weighted by atomic mass is 28.4. The Kier molecular flexibility index (Phi) is 11.6. The molecule has 0 aliphatic heterocycles. The van der Waals surface area contributed by atoms with E-state index in [0.29, 0.717) is 6.42 Å². The van der Waals surface area contributed by atoms with E-state index in [1.807, 2.05) is 0 Å². The molecule has 2 rings (SSSR count). The van der Waals surface area contributed by atoms with Crippen molar-refractivity contribution in [1.82, 2.24) is 0 Å². The molecule has 0 aliphatic carbocycles. The molecule has 2 nitrogen and oxygen atoms in total. The second-order valence-electron chi connectivity index (χ2n) is 9.44. The van der Waals surface area contributed by atoms with Gasteiger partial charge < -0.3 is 9.53 Å². The van der Waals surface area contributed by atoms with Crippen molar-refractivity contribution in [3.8, 4) is 0 Å². The number of rotatable bonds is 13. The van der Waals surface area contributed by atoms with Crippen LogP contribution in [-0.2, 0) is 4.43 Å². The molecule has 0 aromatic heterocycles. The zero-order valence-electron chi connectivity index (χ0n) is 20.9. The highest BCUT2D eigenvalue weighted by Crippen LogP contribution is 2.38. The van der Waals surface area contributed by atoms with Gasteiger partial charge in [-0.25, -0.2) is 0 Å². The van der Waals surface area contributed by atoms with E-state index in [1.54, 1.807) is 0 Å². The summed E-state index contributed by atoms with van der Waals surface area (Å²) in [4.78, 5) is 0. The van der Waals surface area contributed by atoms with Crippen molar-refractivity contribution >= 4 is 18.7 Å². The second kappa shape index (κ2) is 14.1. The van der Waals surface area contributed by atoms with Gasteiger partial charge in [0.05, 0.1) is 6.10 Å². The Morgan fingerprint density at radius 3 is 1.73 bits per heavy atom. The summed E-state index contributed by atoms with van der Waals surface area (Å²) >= 11 is 0. The highest BCUT2D eigenvalue weighted by Gasteiger charge is 2.51. The maximum atomic E-state index is 9.81. The van der Waals surface area contributed by atoms with E-state index in [1.165, 1.54) is 10.4 Å². The first kappa shape index (κ1) is 27.0. The largest absolute Gasteiger partial charge is 0.404 e. The lowest BCUT2D eigenvalue weighted by Gasteiger charge is -2.45. The smallest absolute Gasteiger partial charge is 0.261 e. The van der Waals surface area contributed by atoms with Crippen molar-refractivity contribution in [2.24, 2.45) is 0 Å². The zero-order chi connectivity index (χ0) is 24.0. The fourth-order valence-electron chi connectivity index (χ4n) is 4.27. The van der Waals surface area contributed by atoms with Crippen LogP contribution in [0.1, 0.15) is 59.8 Å². The average Bonchev–Trinajstić information content (AvgIpc) is 2.81. The van der Waals surface area contributed by atoms with Crippen LogP contribution in [-0.4, -0.2) is 26.1 Å². The van der Waals surface area contributed by atoms with Gasteiger partial charge in [-0.15, -0.1) is 0 Å². The van der Waals surface area contributed by atoms with E-state index < -0.39 is 8.32 Å². The lowest BCUT2D eigenvalue weighted by atomic mass is 10.2. The van der Waals surface area contributed by atoms with Crippen LogP contribution in [0, 0.1) is 0 Å². The van der Waals surface area contributed by atoms with Crippen LogP contribution in [0.5, 0.6) is 0 Å². The van der Waals surface area contributed by atoms with Gasteiger partial charge in [0.15, 0.2) is 0 Å². The van der Waals surface area contributed by atoms with Gasteiger partial charge in [-0.1, -0.05) is 125 Å². The average molecular weight is 463 g/mol. The molecule has 1 N–H and O–H groups in total. The number of benzene rings is 2. The Balaban J connectivity index is 2.27. The van der Waals surface area contributed by atoms with Crippen LogP contribution in [0.15, 0.2) is 97.1 Å². The fourth-order valence-corrected chi connectivity index (χ4v) is 9.00. The summed E-state index contributed by atoms with van der Waals surface area (Å²) in [5.74, 6) is 0. The van der Waals surface area contributed by atoms with E-state index in [9.17, 15) is 5.11 Å². The summed E-state index contributed by atoms with van der Waals surface area (Å²) in [6.07, 6.45) is 17.6. The molecule has 1 unspecified atom stereocenters. The summed E-state index contributed by atoms with van der Waals surface area (Å²) in [5, 5.41) is 12.3. The fraction of sp³-hybridized carbons (Fsp3) is 0.400. The third-order valence-corrected chi connectivity index (χ3v) is 11.0. The normalized spacial score (nSPS) is 14.0. The van der Waals surface area contributed by atoms with Gasteiger partial charge in [-0.2, -0.15) is 0 Å². The zero-order valence-corrected chi connectivity index (χ0v) is 21.9. The minimum Gasteiger partial charge on any atom is -0.404 e. The molecule has 0 saturated heterocycles. The third-order valence-electron chi connectivity index (χ3n) is 5.89. The van der Waals surface area contributed by atoms with E-state index in [0.717, 1.165) is 25.7 Å². The molecule has 0 heterocycles. The minimum absolute atomic E-state index is 0.0333. The number of aliphatic hydroxyl groups excluding tert-OH is 1. The van der Waals surface area contributed by atoms with Crippen molar-refractivity contribution in [3.63, 3.8) is 0 Å². The molecule has 0 saturated carbocycles. The maximum Gasteiger partial charge on any atom is 0.261 e. The Morgan fingerprint density at radius 2 is 1.27 bits per heavy atom. The topological polar surface area (TPSA) is 29.5 Å². The van der Waals surface area contributed by atoms with Crippen molar-refractivity contribution in [2.75, 3.05) is 6.61 Å². The standard InChI is InChI=1S/C30H42O2Si/c1-5-6-7-8-9-10-11-12-15-20-27(25-26-31)32-33(30(2,3)4,28-21-16-13-17-22-28)29-23-18-14-19-24-29/h6-7,9-10,12-19,21-24,27,31H,5,8,11,20,25-26H2,1-4H3/b7-6?,10-9?,15-12-. The predicted octanol–water partition coefficient (Wildman–Crippen LogP) is 6.56. The molecule has 0 fully saturated rings. The first-order chi connectivity index (χ1) is 16.0. The number of aliphatic hydroxyl groups is 1. The lowest BCUT2D eigenvalue weighted by molar-refractivity contribution is 0.146. The summed E-state index contributed by atoms with van der Waals surface area (Å²) in [6, 6.07) is 21.4. The molecular weight excluding hydrogens is 420 g/mol. The molecule has 0 amide bonds. The summed E-state index contributed by atoms with van der Waals surface area (Å²) in [7, 11) is -2.61. The second-order valence-corrected chi connectivity index (χ2v) is 13.7. The quantitative estimate of drug-likeness (QED) is 0.270. The van der Waals surface area contributed by atoms with Gasteiger partial charge in [-0.05, 0) is 47.5 Å². The summed E-state index contributed by atoms with van der Waals surface area (Å²) in [6.45, 7) is 9.16. The Morgan fingerprint density at radius 1 is 0.788 bits per heavy atom. The van der Waals surface area contributed by atoms with Crippen molar-refractivity contribution < 1.29 is 9.53 Å². The lowest BCUT2D eigenvalue weighted by Crippen LogP contribution is -2.67. The number of allylic oxidation sites excluding steroid dienone is 5. The predicted molar refractivity (Wildman–Crippen MR) is 146 cm³/mol. The molecule has 0 radical (unpaired) electrons. The molecule has 0 spiro atoms. The van der Waals surface area contributed by atoms with Crippen LogP contribution in [0.2, 0.25) is 5.04 Å². The maximum absolute atomic E-state index is 9.81. The van der Waals surface area contributed by atoms with Gasteiger partial charge in [0.2, 0.25) is 0 Å². The van der Waals surface area contributed by atoms with Crippen LogP contribution < -0.4 is 10.4 Å². The van der Waals surface area contributed by atoms with E-state index in [4.69, 9.17) is 4.43 Å². The monoisotopic (exact) mass is 462 g/mol. The molecule has 33 heavy (non-hydrogen) atoms. The first-order valence-electron chi connectivity index (χ1n) is 12.3. The van der Waals surface area contributed by atoms with E-state index >= 15 is 0 Å². The molecule has 1 atom stereocenters. The van der Waals surface area contributed by atoms with Gasteiger partial charge in [-0.3, -0.25) is 0 Å². The van der Waals surface area contributed by atoms with Gasteiger partial charge >= 0.3 is 0 Å². The van der Waals surface area contributed by atoms with Crippen LogP contribution in [0.3, 0.4) is 0 Å². The molecule has 2 aromatic rings. The van der Waals surface area contributed by atoms with Crippen LogP contribution in [0.4, 0.5) is 0 Å². The number of hydrogen-bond donors (Lipinski definition) is 1. The molecule has 2 aromatic carbocycles.